The molecule has 0 atom stereocenters. The lowest BCUT2D eigenvalue weighted by molar-refractivity contribution is -0.128. The van der Waals surface area contributed by atoms with Crippen LogP contribution in [0.5, 0.6) is 0 Å². The summed E-state index contributed by atoms with van der Waals surface area (Å²) in [6, 6.07) is 2.99. The zero-order chi connectivity index (χ0) is 23.2. The molecular formula is C25H27FN6O. The van der Waals surface area contributed by atoms with Crippen LogP contribution in [0.4, 0.5) is 10.2 Å². The summed E-state index contributed by atoms with van der Waals surface area (Å²) in [4.78, 5) is 26.8. The maximum absolute atomic E-state index is 14.9. The van der Waals surface area contributed by atoms with Crippen LogP contribution in [0, 0.1) is 11.2 Å². The van der Waals surface area contributed by atoms with Gasteiger partial charge in [0.2, 0.25) is 5.91 Å². The zero-order valence-electron chi connectivity index (χ0n) is 18.7. The van der Waals surface area contributed by atoms with E-state index in [2.05, 4.69) is 27.6 Å². The second-order valence-corrected chi connectivity index (χ2v) is 9.04. The fourth-order valence-electron chi connectivity index (χ4n) is 5.40. The van der Waals surface area contributed by atoms with Crippen LogP contribution >= 0.6 is 0 Å². The number of carbonyl (C=O) groups is 1. The minimum absolute atomic E-state index is 0.00752. The number of rotatable bonds is 3. The standard InChI is InChI=1S/C25H27FN6O/c1-3-18(33)32-13-10-25(11-14-32)8-6-16(7-9-25)22-19(21-17(26)5-4-12-28-21)20-23(27)29-15-30-24(20)31(22)2/h3-6,12,15H,1,7-11,13-14H2,2H3,(H2,27,29,30). The first kappa shape index (κ1) is 21.3. The molecule has 170 valence electrons. The smallest absolute Gasteiger partial charge is 0.245 e. The summed E-state index contributed by atoms with van der Waals surface area (Å²) in [5.41, 5.74) is 10.0. The first-order valence-electron chi connectivity index (χ1n) is 11.2. The molecule has 1 aliphatic heterocycles. The molecule has 1 fully saturated rings. The van der Waals surface area contributed by atoms with Crippen LogP contribution in [0.1, 0.15) is 37.8 Å². The van der Waals surface area contributed by atoms with Gasteiger partial charge in [0.1, 0.15) is 29.3 Å². The number of likely N-dealkylation sites (tertiary alicyclic amines) is 1. The first-order valence-corrected chi connectivity index (χ1v) is 11.2. The summed E-state index contributed by atoms with van der Waals surface area (Å²) in [6.45, 7) is 5.13. The number of amides is 1. The van der Waals surface area contributed by atoms with Gasteiger partial charge in [-0.05, 0) is 61.3 Å². The molecule has 2 N–H and O–H groups in total. The summed E-state index contributed by atoms with van der Waals surface area (Å²) in [6.07, 6.45) is 11.4. The molecule has 4 heterocycles. The average molecular weight is 447 g/mol. The van der Waals surface area contributed by atoms with Crippen molar-refractivity contribution in [2.24, 2.45) is 12.5 Å². The number of anilines is 1. The van der Waals surface area contributed by atoms with Gasteiger partial charge in [-0.2, -0.15) is 0 Å². The molecule has 8 heteroatoms. The quantitative estimate of drug-likeness (QED) is 0.612. The van der Waals surface area contributed by atoms with Gasteiger partial charge >= 0.3 is 0 Å². The number of carbonyl (C=O) groups excluding carboxylic acids is 1. The number of halogens is 1. The van der Waals surface area contributed by atoms with Crippen LogP contribution in [-0.2, 0) is 11.8 Å². The van der Waals surface area contributed by atoms with E-state index in [-0.39, 0.29) is 17.0 Å². The van der Waals surface area contributed by atoms with E-state index in [1.54, 1.807) is 12.3 Å². The molecule has 1 aliphatic carbocycles. The third kappa shape index (κ3) is 3.50. The van der Waals surface area contributed by atoms with Crippen molar-refractivity contribution < 1.29 is 9.18 Å². The Kier molecular flexibility index (Phi) is 5.23. The normalized spacial score (nSPS) is 17.9. The van der Waals surface area contributed by atoms with Gasteiger partial charge in [0, 0.05) is 31.9 Å². The highest BCUT2D eigenvalue weighted by Gasteiger charge is 2.37. The average Bonchev–Trinajstić information content (AvgIpc) is 3.13. The maximum atomic E-state index is 14.9. The van der Waals surface area contributed by atoms with Gasteiger partial charge in [0.25, 0.3) is 0 Å². The number of hydrogen-bond acceptors (Lipinski definition) is 5. The number of fused-ring (bicyclic) bond motifs is 1. The van der Waals surface area contributed by atoms with Gasteiger partial charge < -0.3 is 15.2 Å². The summed E-state index contributed by atoms with van der Waals surface area (Å²) in [5.74, 6) is -0.0798. The van der Waals surface area contributed by atoms with E-state index in [1.165, 1.54) is 18.5 Å². The van der Waals surface area contributed by atoms with Crippen molar-refractivity contribution in [1.29, 1.82) is 0 Å². The topological polar surface area (TPSA) is 89.9 Å². The van der Waals surface area contributed by atoms with Crippen molar-refractivity contribution in [2.45, 2.75) is 32.1 Å². The molecule has 7 nitrogen and oxygen atoms in total. The highest BCUT2D eigenvalue weighted by Crippen LogP contribution is 2.48. The second-order valence-electron chi connectivity index (χ2n) is 9.04. The highest BCUT2D eigenvalue weighted by molar-refractivity contribution is 6.05. The Hall–Kier alpha value is -3.55. The molecular weight excluding hydrogens is 419 g/mol. The number of aryl methyl sites for hydroxylation is 1. The monoisotopic (exact) mass is 446 g/mol. The van der Waals surface area contributed by atoms with Crippen molar-refractivity contribution in [3.05, 3.63) is 54.9 Å². The van der Waals surface area contributed by atoms with Gasteiger partial charge in [0.05, 0.1) is 11.1 Å². The molecule has 2 aliphatic rings. The van der Waals surface area contributed by atoms with Crippen molar-refractivity contribution in [1.82, 2.24) is 24.4 Å². The lowest BCUT2D eigenvalue weighted by Gasteiger charge is -2.43. The lowest BCUT2D eigenvalue weighted by Crippen LogP contribution is -2.43. The van der Waals surface area contributed by atoms with E-state index in [0.717, 1.165) is 56.5 Å². The Morgan fingerprint density at radius 3 is 2.70 bits per heavy atom. The molecule has 1 spiro atoms. The molecule has 33 heavy (non-hydrogen) atoms. The predicted octanol–water partition coefficient (Wildman–Crippen LogP) is 4.11. The maximum Gasteiger partial charge on any atom is 0.245 e. The van der Waals surface area contributed by atoms with E-state index in [0.29, 0.717) is 22.4 Å². The summed E-state index contributed by atoms with van der Waals surface area (Å²) in [7, 11) is 1.93. The number of pyridine rings is 1. The van der Waals surface area contributed by atoms with E-state index in [1.807, 2.05) is 16.5 Å². The number of aromatic nitrogens is 4. The van der Waals surface area contributed by atoms with Gasteiger partial charge in [-0.1, -0.05) is 12.7 Å². The van der Waals surface area contributed by atoms with Crippen molar-refractivity contribution in [2.75, 3.05) is 18.8 Å². The van der Waals surface area contributed by atoms with Crippen LogP contribution in [0.25, 0.3) is 27.9 Å². The summed E-state index contributed by atoms with van der Waals surface area (Å²) in [5, 5.41) is 0.630. The number of nitrogens with zero attached hydrogens (tertiary/aromatic N) is 5. The molecule has 5 rings (SSSR count). The van der Waals surface area contributed by atoms with Gasteiger partial charge in [-0.15, -0.1) is 0 Å². The molecule has 0 unspecified atom stereocenters. The molecule has 1 amide bonds. The highest BCUT2D eigenvalue weighted by atomic mass is 19.1. The van der Waals surface area contributed by atoms with Crippen LogP contribution < -0.4 is 5.73 Å². The Balaban J connectivity index is 1.55. The number of allylic oxidation sites excluding steroid dienone is 2. The van der Waals surface area contributed by atoms with E-state index < -0.39 is 5.82 Å². The molecule has 3 aromatic heterocycles. The SMILES string of the molecule is C=CC(=O)N1CCC2(CC=C(c3c(-c4ncccc4F)c4c(N)ncnc4n3C)CC2)CC1. The minimum atomic E-state index is -0.401. The van der Waals surface area contributed by atoms with Crippen molar-refractivity contribution in [3.63, 3.8) is 0 Å². The zero-order valence-corrected chi connectivity index (χ0v) is 18.7. The lowest BCUT2D eigenvalue weighted by atomic mass is 9.68. The van der Waals surface area contributed by atoms with E-state index in [4.69, 9.17) is 5.73 Å². The third-order valence-electron chi connectivity index (χ3n) is 7.31. The third-order valence-corrected chi connectivity index (χ3v) is 7.31. The molecule has 0 radical (unpaired) electrons. The van der Waals surface area contributed by atoms with Crippen molar-refractivity contribution >= 4 is 28.3 Å². The van der Waals surface area contributed by atoms with Crippen LogP contribution in [-0.4, -0.2) is 43.4 Å². The van der Waals surface area contributed by atoms with Gasteiger partial charge in [0.15, 0.2) is 0 Å². The number of nitrogens with two attached hydrogens (primary N) is 1. The molecule has 3 aromatic rings. The largest absolute Gasteiger partial charge is 0.383 e. The Bertz CT molecular complexity index is 1290. The molecule has 1 saturated heterocycles. The summed E-state index contributed by atoms with van der Waals surface area (Å²) >= 11 is 0. The Labute approximate surface area is 191 Å². The van der Waals surface area contributed by atoms with Gasteiger partial charge in [-0.25, -0.2) is 14.4 Å². The Morgan fingerprint density at radius 1 is 1.24 bits per heavy atom. The van der Waals surface area contributed by atoms with Crippen LogP contribution in [0.3, 0.4) is 0 Å². The Morgan fingerprint density at radius 2 is 2.03 bits per heavy atom. The van der Waals surface area contributed by atoms with Crippen LogP contribution in [0.2, 0.25) is 0 Å². The molecule has 0 aromatic carbocycles. The van der Waals surface area contributed by atoms with Crippen LogP contribution in [0.15, 0.2) is 43.4 Å². The van der Waals surface area contributed by atoms with Gasteiger partial charge in [-0.3, -0.25) is 9.78 Å². The number of hydrogen-bond donors (Lipinski definition) is 1. The first-order chi connectivity index (χ1) is 15.9. The fraction of sp³-hybridized carbons (Fsp3) is 0.360. The number of piperidine rings is 1. The molecule has 0 bridgehead atoms. The van der Waals surface area contributed by atoms with Crippen molar-refractivity contribution in [3.8, 4) is 11.3 Å². The summed E-state index contributed by atoms with van der Waals surface area (Å²) < 4.78 is 16.9. The second kappa shape index (κ2) is 8.10. The van der Waals surface area contributed by atoms with E-state index >= 15 is 0 Å². The van der Waals surface area contributed by atoms with E-state index in [9.17, 15) is 9.18 Å². The number of nitrogen functional groups attached to an aromatic ring is 1. The molecule has 0 saturated carbocycles. The fourth-order valence-corrected chi connectivity index (χ4v) is 5.40. The minimum Gasteiger partial charge on any atom is -0.383 e. The predicted molar refractivity (Wildman–Crippen MR) is 126 cm³/mol.